The van der Waals surface area contributed by atoms with Gasteiger partial charge in [-0.2, -0.15) is 0 Å². The number of benzene rings is 1. The van der Waals surface area contributed by atoms with Crippen LogP contribution in [0.25, 0.3) is 0 Å². The molecular formula is C17H29NS. The molecule has 0 unspecified atom stereocenters. The third kappa shape index (κ3) is 7.03. The lowest BCUT2D eigenvalue weighted by Gasteiger charge is -2.19. The van der Waals surface area contributed by atoms with Crippen LogP contribution in [0, 0.1) is 5.92 Å². The Bertz CT molecular complexity index is 349. The lowest BCUT2D eigenvalue weighted by Crippen LogP contribution is -2.19. The van der Waals surface area contributed by atoms with Crippen LogP contribution >= 0.6 is 11.8 Å². The summed E-state index contributed by atoms with van der Waals surface area (Å²) >= 11 is 1.94. The molecule has 0 saturated heterocycles. The normalized spacial score (nSPS) is 12.1. The van der Waals surface area contributed by atoms with Gasteiger partial charge in [0.25, 0.3) is 0 Å². The van der Waals surface area contributed by atoms with E-state index in [0.717, 1.165) is 24.8 Å². The van der Waals surface area contributed by atoms with Gasteiger partial charge in [-0.3, -0.25) is 0 Å². The Morgan fingerprint density at radius 1 is 1.05 bits per heavy atom. The van der Waals surface area contributed by atoms with Crippen LogP contribution in [0.5, 0.6) is 0 Å². The first kappa shape index (κ1) is 16.6. The quantitative estimate of drug-likeness (QED) is 0.573. The van der Waals surface area contributed by atoms with E-state index in [9.17, 15) is 0 Å². The van der Waals surface area contributed by atoms with Crippen LogP contribution in [-0.2, 0) is 5.41 Å². The molecule has 2 heteroatoms. The highest BCUT2D eigenvalue weighted by Crippen LogP contribution is 2.25. The van der Waals surface area contributed by atoms with Gasteiger partial charge in [0.15, 0.2) is 0 Å². The summed E-state index contributed by atoms with van der Waals surface area (Å²) < 4.78 is 0. The molecule has 0 aromatic heterocycles. The van der Waals surface area contributed by atoms with E-state index < -0.39 is 0 Å². The Kier molecular flexibility index (Phi) is 6.95. The molecule has 0 spiro atoms. The predicted octanol–water partition coefficient (Wildman–Crippen LogP) is 4.71. The third-order valence-electron chi connectivity index (χ3n) is 3.17. The zero-order valence-corrected chi connectivity index (χ0v) is 13.9. The summed E-state index contributed by atoms with van der Waals surface area (Å²) in [6.07, 6.45) is 1.27. The highest BCUT2D eigenvalue weighted by molar-refractivity contribution is 7.99. The highest BCUT2D eigenvalue weighted by Gasteiger charge is 2.12. The van der Waals surface area contributed by atoms with E-state index in [2.05, 4.69) is 64.2 Å². The summed E-state index contributed by atoms with van der Waals surface area (Å²) in [4.78, 5) is 1.37. The van der Waals surface area contributed by atoms with Crippen LogP contribution in [-0.4, -0.2) is 18.8 Å². The number of thioether (sulfide) groups is 1. The molecule has 0 aliphatic carbocycles. The Morgan fingerprint density at radius 3 is 2.21 bits per heavy atom. The van der Waals surface area contributed by atoms with Crippen LogP contribution in [0.3, 0.4) is 0 Å². The average Bonchev–Trinajstić information content (AvgIpc) is 2.32. The molecule has 19 heavy (non-hydrogen) atoms. The van der Waals surface area contributed by atoms with Crippen molar-refractivity contribution in [2.24, 2.45) is 5.92 Å². The van der Waals surface area contributed by atoms with Crippen molar-refractivity contribution < 1.29 is 0 Å². The number of hydrogen-bond acceptors (Lipinski definition) is 2. The van der Waals surface area contributed by atoms with Crippen molar-refractivity contribution in [3.8, 4) is 0 Å². The summed E-state index contributed by atoms with van der Waals surface area (Å²) in [5.41, 5.74) is 1.66. The van der Waals surface area contributed by atoms with Gasteiger partial charge in [0.1, 0.15) is 0 Å². The Balaban J connectivity index is 2.23. The van der Waals surface area contributed by atoms with Crippen molar-refractivity contribution in [2.75, 3.05) is 18.8 Å². The van der Waals surface area contributed by atoms with Crippen LogP contribution in [0.1, 0.15) is 46.6 Å². The second-order valence-corrected chi connectivity index (χ2v) is 7.72. The van der Waals surface area contributed by atoms with Crippen LogP contribution in [0.15, 0.2) is 29.2 Å². The summed E-state index contributed by atoms with van der Waals surface area (Å²) in [5, 5.41) is 3.50. The maximum atomic E-state index is 3.50. The summed E-state index contributed by atoms with van der Waals surface area (Å²) in [6, 6.07) is 9.02. The second-order valence-electron chi connectivity index (χ2n) is 6.56. The van der Waals surface area contributed by atoms with Crippen molar-refractivity contribution in [3.63, 3.8) is 0 Å². The number of nitrogens with one attached hydrogen (secondary N) is 1. The van der Waals surface area contributed by atoms with Crippen molar-refractivity contribution >= 4 is 11.8 Å². The molecule has 0 aliphatic rings. The molecule has 1 aromatic carbocycles. The van der Waals surface area contributed by atoms with E-state index in [1.807, 2.05) is 11.8 Å². The largest absolute Gasteiger partial charge is 0.316 e. The molecule has 0 radical (unpaired) electrons. The molecular weight excluding hydrogens is 250 g/mol. The first-order chi connectivity index (χ1) is 8.89. The van der Waals surface area contributed by atoms with Crippen molar-refractivity contribution in [3.05, 3.63) is 29.8 Å². The molecule has 0 atom stereocenters. The van der Waals surface area contributed by atoms with E-state index in [4.69, 9.17) is 0 Å². The van der Waals surface area contributed by atoms with Crippen LogP contribution < -0.4 is 5.32 Å². The van der Waals surface area contributed by atoms with Crippen molar-refractivity contribution in [1.82, 2.24) is 5.32 Å². The standard InChI is InChI=1S/C17H29NS/c1-14(2)10-11-18-12-13-19-16-8-6-15(7-9-16)17(3,4)5/h6-9,14,18H,10-13H2,1-5H3. The summed E-state index contributed by atoms with van der Waals surface area (Å²) in [6.45, 7) is 13.6. The zero-order valence-electron chi connectivity index (χ0n) is 13.1. The second kappa shape index (κ2) is 7.96. The van der Waals surface area contributed by atoms with Gasteiger partial charge in [0.05, 0.1) is 0 Å². The minimum absolute atomic E-state index is 0.252. The molecule has 0 aliphatic heterocycles. The molecule has 0 amide bonds. The number of rotatable bonds is 7. The Labute approximate surface area is 123 Å². The van der Waals surface area contributed by atoms with Crippen LogP contribution in [0.4, 0.5) is 0 Å². The van der Waals surface area contributed by atoms with Gasteiger partial charge < -0.3 is 5.32 Å². The smallest absolute Gasteiger partial charge is 0.0106 e. The topological polar surface area (TPSA) is 12.0 Å². The Morgan fingerprint density at radius 2 is 1.68 bits per heavy atom. The van der Waals surface area contributed by atoms with E-state index in [1.165, 1.54) is 16.9 Å². The maximum Gasteiger partial charge on any atom is 0.0106 e. The fourth-order valence-corrected chi connectivity index (χ4v) is 2.62. The maximum absolute atomic E-state index is 3.50. The summed E-state index contributed by atoms with van der Waals surface area (Å²) in [7, 11) is 0. The van der Waals surface area contributed by atoms with E-state index >= 15 is 0 Å². The van der Waals surface area contributed by atoms with Crippen molar-refractivity contribution in [2.45, 2.75) is 51.3 Å². The molecule has 108 valence electrons. The molecule has 0 saturated carbocycles. The number of hydrogen-bond donors (Lipinski definition) is 1. The third-order valence-corrected chi connectivity index (χ3v) is 4.18. The molecule has 0 bridgehead atoms. The van der Waals surface area contributed by atoms with Gasteiger partial charge in [0.2, 0.25) is 0 Å². The molecule has 1 aromatic rings. The van der Waals surface area contributed by atoms with Gasteiger partial charge in [-0.1, -0.05) is 46.8 Å². The van der Waals surface area contributed by atoms with Gasteiger partial charge in [-0.25, -0.2) is 0 Å². The molecule has 0 heterocycles. The lowest BCUT2D eigenvalue weighted by atomic mass is 9.87. The van der Waals surface area contributed by atoms with E-state index in [-0.39, 0.29) is 5.41 Å². The van der Waals surface area contributed by atoms with Gasteiger partial charge in [-0.15, -0.1) is 11.8 Å². The highest BCUT2D eigenvalue weighted by atomic mass is 32.2. The lowest BCUT2D eigenvalue weighted by molar-refractivity contribution is 0.547. The fraction of sp³-hybridized carbons (Fsp3) is 0.647. The van der Waals surface area contributed by atoms with E-state index in [1.54, 1.807) is 0 Å². The molecule has 1 N–H and O–H groups in total. The molecule has 1 rings (SSSR count). The molecule has 0 fully saturated rings. The minimum Gasteiger partial charge on any atom is -0.316 e. The van der Waals surface area contributed by atoms with Gasteiger partial charge in [0, 0.05) is 17.2 Å². The van der Waals surface area contributed by atoms with Crippen molar-refractivity contribution in [1.29, 1.82) is 0 Å². The van der Waals surface area contributed by atoms with Crippen LogP contribution in [0.2, 0.25) is 0 Å². The SMILES string of the molecule is CC(C)CCNCCSc1ccc(C(C)(C)C)cc1. The van der Waals surface area contributed by atoms with E-state index in [0.29, 0.717) is 0 Å². The molecule has 1 nitrogen and oxygen atoms in total. The average molecular weight is 279 g/mol. The van der Waals surface area contributed by atoms with Gasteiger partial charge >= 0.3 is 0 Å². The minimum atomic E-state index is 0.252. The Hall–Kier alpha value is -0.470. The first-order valence-corrected chi connectivity index (χ1v) is 8.32. The fourth-order valence-electron chi connectivity index (χ4n) is 1.81. The van der Waals surface area contributed by atoms with Gasteiger partial charge in [-0.05, 0) is 42.0 Å². The monoisotopic (exact) mass is 279 g/mol. The zero-order chi connectivity index (χ0) is 14.3. The summed E-state index contributed by atoms with van der Waals surface area (Å²) in [5.74, 6) is 1.94. The first-order valence-electron chi connectivity index (χ1n) is 7.33. The predicted molar refractivity (Wildman–Crippen MR) is 88.2 cm³/mol.